The highest BCUT2D eigenvalue weighted by molar-refractivity contribution is 5.91. The summed E-state index contributed by atoms with van der Waals surface area (Å²) in [4.78, 5) is 15.6. The SMILES string of the molecule is COc1ccc(C[NH+]2CCN(C(=O)/C=C/c3ccc(C(F)(F)F)cc3)CC2)cc1. The van der Waals surface area contributed by atoms with E-state index in [0.29, 0.717) is 18.7 Å². The van der Waals surface area contributed by atoms with Crippen LogP contribution in [0.25, 0.3) is 6.08 Å². The average molecular weight is 405 g/mol. The lowest BCUT2D eigenvalue weighted by atomic mass is 10.1. The third kappa shape index (κ3) is 5.84. The van der Waals surface area contributed by atoms with Crippen molar-refractivity contribution in [3.8, 4) is 5.75 Å². The van der Waals surface area contributed by atoms with Gasteiger partial charge in [0.15, 0.2) is 0 Å². The van der Waals surface area contributed by atoms with Crippen molar-refractivity contribution in [1.29, 1.82) is 0 Å². The summed E-state index contributed by atoms with van der Waals surface area (Å²) in [7, 11) is 1.64. The van der Waals surface area contributed by atoms with E-state index in [1.165, 1.54) is 28.7 Å². The Morgan fingerprint density at radius 3 is 2.24 bits per heavy atom. The predicted octanol–water partition coefficient (Wildman–Crippen LogP) is 2.65. The fourth-order valence-corrected chi connectivity index (χ4v) is 3.31. The summed E-state index contributed by atoms with van der Waals surface area (Å²) in [5.74, 6) is 0.715. The number of hydrogen-bond acceptors (Lipinski definition) is 2. The maximum Gasteiger partial charge on any atom is 0.416 e. The molecule has 0 aromatic heterocycles. The molecule has 154 valence electrons. The van der Waals surface area contributed by atoms with Crippen LogP contribution in [0.15, 0.2) is 54.6 Å². The van der Waals surface area contributed by atoms with Gasteiger partial charge in [-0.05, 0) is 48.0 Å². The first kappa shape index (κ1) is 20.9. The molecule has 3 rings (SSSR count). The van der Waals surface area contributed by atoms with Crippen molar-refractivity contribution < 1.29 is 27.6 Å². The Morgan fingerprint density at radius 2 is 1.69 bits per heavy atom. The molecule has 1 aliphatic rings. The number of piperazine rings is 1. The summed E-state index contributed by atoms with van der Waals surface area (Å²) in [6.45, 7) is 3.91. The van der Waals surface area contributed by atoms with E-state index in [2.05, 4.69) is 12.1 Å². The van der Waals surface area contributed by atoms with Crippen molar-refractivity contribution in [3.05, 3.63) is 71.3 Å². The van der Waals surface area contributed by atoms with Gasteiger partial charge in [0.2, 0.25) is 5.91 Å². The average Bonchev–Trinajstić information content (AvgIpc) is 2.73. The molecule has 0 aliphatic carbocycles. The zero-order valence-corrected chi connectivity index (χ0v) is 16.2. The van der Waals surface area contributed by atoms with E-state index in [-0.39, 0.29) is 5.91 Å². The molecule has 29 heavy (non-hydrogen) atoms. The lowest BCUT2D eigenvalue weighted by Gasteiger charge is -2.31. The van der Waals surface area contributed by atoms with Crippen molar-refractivity contribution in [2.24, 2.45) is 0 Å². The van der Waals surface area contributed by atoms with Crippen LogP contribution >= 0.6 is 0 Å². The van der Waals surface area contributed by atoms with Gasteiger partial charge in [-0.2, -0.15) is 13.2 Å². The number of halogens is 3. The molecule has 0 radical (unpaired) electrons. The number of ether oxygens (including phenoxy) is 1. The van der Waals surface area contributed by atoms with E-state index in [4.69, 9.17) is 4.74 Å². The molecular weight excluding hydrogens is 381 g/mol. The van der Waals surface area contributed by atoms with Gasteiger partial charge in [0.1, 0.15) is 12.3 Å². The van der Waals surface area contributed by atoms with Crippen LogP contribution in [0, 0.1) is 0 Å². The minimum atomic E-state index is -4.36. The summed E-state index contributed by atoms with van der Waals surface area (Å²) in [6.07, 6.45) is -1.37. The summed E-state index contributed by atoms with van der Waals surface area (Å²) in [5.41, 5.74) is 1.09. The number of nitrogens with one attached hydrogen (secondary N) is 1. The first-order valence-electron chi connectivity index (χ1n) is 9.46. The molecule has 2 aromatic carbocycles. The Bertz CT molecular complexity index is 838. The Hall–Kier alpha value is -2.80. The van der Waals surface area contributed by atoms with Gasteiger partial charge >= 0.3 is 6.18 Å². The third-order valence-electron chi connectivity index (χ3n) is 5.05. The van der Waals surface area contributed by atoms with Gasteiger partial charge in [-0.15, -0.1) is 0 Å². The second-order valence-corrected chi connectivity index (χ2v) is 7.05. The van der Waals surface area contributed by atoms with Crippen molar-refractivity contribution in [2.45, 2.75) is 12.7 Å². The van der Waals surface area contributed by atoms with Gasteiger partial charge < -0.3 is 14.5 Å². The lowest BCUT2D eigenvalue weighted by Crippen LogP contribution is -3.13. The molecule has 7 heteroatoms. The van der Waals surface area contributed by atoms with Crippen LogP contribution < -0.4 is 9.64 Å². The molecule has 1 saturated heterocycles. The number of carbonyl (C=O) groups is 1. The zero-order valence-electron chi connectivity index (χ0n) is 16.2. The molecule has 0 spiro atoms. The maximum atomic E-state index is 12.6. The van der Waals surface area contributed by atoms with Gasteiger partial charge in [-0.3, -0.25) is 4.79 Å². The summed E-state index contributed by atoms with van der Waals surface area (Å²) in [6, 6.07) is 12.8. The highest BCUT2D eigenvalue weighted by atomic mass is 19.4. The molecule has 1 aliphatic heterocycles. The number of nitrogens with zero attached hydrogens (tertiary/aromatic N) is 1. The minimum absolute atomic E-state index is 0.117. The first-order valence-corrected chi connectivity index (χ1v) is 9.46. The molecular formula is C22H24F3N2O2+. The van der Waals surface area contributed by atoms with Gasteiger partial charge in [0.25, 0.3) is 0 Å². The Balaban J connectivity index is 1.48. The second kappa shape index (κ2) is 9.13. The van der Waals surface area contributed by atoms with E-state index in [0.717, 1.165) is 37.5 Å². The second-order valence-electron chi connectivity index (χ2n) is 7.05. The Labute approximate surface area is 168 Å². The van der Waals surface area contributed by atoms with Crippen molar-refractivity contribution in [2.75, 3.05) is 33.3 Å². The number of hydrogen-bond donors (Lipinski definition) is 1. The normalized spacial score (nSPS) is 15.7. The number of alkyl halides is 3. The molecule has 4 nitrogen and oxygen atoms in total. The quantitative estimate of drug-likeness (QED) is 0.777. The van der Waals surface area contributed by atoms with E-state index in [9.17, 15) is 18.0 Å². The topological polar surface area (TPSA) is 34.0 Å². The lowest BCUT2D eigenvalue weighted by molar-refractivity contribution is -0.917. The number of methoxy groups -OCH3 is 1. The van der Waals surface area contributed by atoms with Crippen LogP contribution in [0.4, 0.5) is 13.2 Å². The van der Waals surface area contributed by atoms with Crippen LogP contribution in [0.3, 0.4) is 0 Å². The molecule has 0 atom stereocenters. The summed E-state index contributed by atoms with van der Waals surface area (Å²) in [5, 5.41) is 0. The van der Waals surface area contributed by atoms with Crippen molar-refractivity contribution in [1.82, 2.24) is 4.90 Å². The molecule has 1 fully saturated rings. The number of rotatable bonds is 5. The van der Waals surface area contributed by atoms with Crippen LogP contribution in [0.5, 0.6) is 5.75 Å². The monoisotopic (exact) mass is 405 g/mol. The Morgan fingerprint density at radius 1 is 1.07 bits per heavy atom. The summed E-state index contributed by atoms with van der Waals surface area (Å²) >= 11 is 0. The van der Waals surface area contributed by atoms with Crippen molar-refractivity contribution >= 4 is 12.0 Å². The number of amides is 1. The fraction of sp³-hybridized carbons (Fsp3) is 0.318. The van der Waals surface area contributed by atoms with Crippen molar-refractivity contribution in [3.63, 3.8) is 0 Å². The van der Waals surface area contributed by atoms with Gasteiger partial charge in [-0.25, -0.2) is 0 Å². The standard InChI is InChI=1S/C22H23F3N2O2/c1-29-20-9-4-18(5-10-20)16-26-12-14-27(15-13-26)21(28)11-6-17-2-7-19(8-3-17)22(23,24)25/h2-11H,12-16H2,1H3/p+1/b11-6+. The highest BCUT2D eigenvalue weighted by Crippen LogP contribution is 2.29. The third-order valence-corrected chi connectivity index (χ3v) is 5.05. The fourth-order valence-electron chi connectivity index (χ4n) is 3.31. The van der Waals surface area contributed by atoms with Gasteiger partial charge in [-0.1, -0.05) is 12.1 Å². The van der Waals surface area contributed by atoms with E-state index in [1.54, 1.807) is 18.1 Å². The van der Waals surface area contributed by atoms with Gasteiger partial charge in [0, 0.05) is 11.6 Å². The van der Waals surface area contributed by atoms with E-state index < -0.39 is 11.7 Å². The van der Waals surface area contributed by atoms with E-state index >= 15 is 0 Å². The summed E-state index contributed by atoms with van der Waals surface area (Å²) < 4.78 is 42.9. The molecule has 0 bridgehead atoms. The maximum absolute atomic E-state index is 12.6. The number of benzene rings is 2. The molecule has 1 amide bonds. The molecule has 1 heterocycles. The molecule has 0 saturated carbocycles. The van der Waals surface area contributed by atoms with Crippen LogP contribution in [0.1, 0.15) is 16.7 Å². The van der Waals surface area contributed by atoms with E-state index in [1.807, 2.05) is 12.1 Å². The van der Waals surface area contributed by atoms with Crippen LogP contribution in [0.2, 0.25) is 0 Å². The minimum Gasteiger partial charge on any atom is -0.497 e. The van der Waals surface area contributed by atoms with Gasteiger partial charge in [0.05, 0.1) is 38.9 Å². The number of carbonyl (C=O) groups excluding carboxylic acids is 1. The first-order chi connectivity index (χ1) is 13.8. The largest absolute Gasteiger partial charge is 0.497 e. The predicted molar refractivity (Wildman–Crippen MR) is 104 cm³/mol. The zero-order chi connectivity index (χ0) is 20.9. The molecule has 1 N–H and O–H groups in total. The molecule has 0 unspecified atom stereocenters. The Kier molecular flexibility index (Phi) is 6.59. The molecule has 2 aromatic rings. The smallest absolute Gasteiger partial charge is 0.416 e. The van der Waals surface area contributed by atoms with Crippen LogP contribution in [-0.4, -0.2) is 44.1 Å². The van der Waals surface area contributed by atoms with Crippen LogP contribution in [-0.2, 0) is 17.5 Å². The number of quaternary nitrogens is 1. The highest BCUT2D eigenvalue weighted by Gasteiger charge is 2.29.